The number of nitrogens with one attached hydrogen (secondary N) is 1. The Balaban J connectivity index is 1.52. The minimum Gasteiger partial charge on any atom is -0.370 e. The van der Waals surface area contributed by atoms with E-state index in [9.17, 15) is 4.79 Å². The molecule has 0 bridgehead atoms. The van der Waals surface area contributed by atoms with Gasteiger partial charge in [0, 0.05) is 37.2 Å². The van der Waals surface area contributed by atoms with Crippen LogP contribution in [-0.4, -0.2) is 33.8 Å². The van der Waals surface area contributed by atoms with Gasteiger partial charge in [-0.25, -0.2) is 4.68 Å². The fourth-order valence-corrected chi connectivity index (χ4v) is 3.97. The summed E-state index contributed by atoms with van der Waals surface area (Å²) in [6.07, 6.45) is 7.58. The molecule has 1 fully saturated rings. The van der Waals surface area contributed by atoms with Crippen molar-refractivity contribution in [2.75, 3.05) is 23.3 Å². The molecule has 1 aliphatic rings. The van der Waals surface area contributed by atoms with Crippen LogP contribution in [0.3, 0.4) is 0 Å². The fraction of sp³-hybridized carbons (Fsp3) is 0.160. The highest BCUT2D eigenvalue weighted by Gasteiger charge is 2.21. The number of pyridine rings is 1. The Morgan fingerprint density at radius 2 is 1.68 bits per heavy atom. The smallest absolute Gasteiger partial charge is 0.259 e. The van der Waals surface area contributed by atoms with Crippen LogP contribution in [-0.2, 0) is 0 Å². The van der Waals surface area contributed by atoms with Crippen LogP contribution in [0.25, 0.3) is 16.9 Å². The number of benzene rings is 2. The number of rotatable bonds is 5. The van der Waals surface area contributed by atoms with Crippen molar-refractivity contribution >= 4 is 17.3 Å². The first kappa shape index (κ1) is 19.1. The Labute approximate surface area is 181 Å². The number of amides is 1. The molecule has 0 atom stereocenters. The normalized spacial score (nSPS) is 13.4. The van der Waals surface area contributed by atoms with Gasteiger partial charge in [0.1, 0.15) is 5.69 Å². The number of nitrogens with zero attached hydrogens (tertiary/aromatic N) is 4. The highest BCUT2D eigenvalue weighted by Crippen LogP contribution is 2.30. The molecule has 1 amide bonds. The molecule has 2 aromatic carbocycles. The number of anilines is 2. The summed E-state index contributed by atoms with van der Waals surface area (Å²) in [5, 5.41) is 7.84. The maximum Gasteiger partial charge on any atom is 0.259 e. The van der Waals surface area contributed by atoms with E-state index in [-0.39, 0.29) is 5.91 Å². The Bertz CT molecular complexity index is 1180. The number of carbonyl (C=O) groups excluding carboxylic acids is 1. The summed E-state index contributed by atoms with van der Waals surface area (Å²) in [5.74, 6) is -0.187. The molecule has 1 saturated heterocycles. The summed E-state index contributed by atoms with van der Waals surface area (Å²) >= 11 is 0. The molecular formula is C25H23N5O. The van der Waals surface area contributed by atoms with Gasteiger partial charge in [0.15, 0.2) is 0 Å². The molecule has 0 unspecified atom stereocenters. The van der Waals surface area contributed by atoms with Crippen molar-refractivity contribution in [3.63, 3.8) is 0 Å². The Morgan fingerprint density at radius 1 is 0.903 bits per heavy atom. The van der Waals surface area contributed by atoms with Gasteiger partial charge in [-0.1, -0.05) is 30.3 Å². The topological polar surface area (TPSA) is 63.1 Å². The third kappa shape index (κ3) is 3.92. The van der Waals surface area contributed by atoms with Gasteiger partial charge in [0.2, 0.25) is 0 Å². The number of para-hydroxylation sites is 3. The van der Waals surface area contributed by atoms with E-state index in [0.717, 1.165) is 35.7 Å². The average molecular weight is 409 g/mol. The second kappa shape index (κ2) is 8.44. The molecule has 3 heterocycles. The minimum atomic E-state index is -0.187. The first-order valence-electron chi connectivity index (χ1n) is 10.5. The van der Waals surface area contributed by atoms with Gasteiger partial charge in [-0.05, 0) is 49.2 Å². The highest BCUT2D eigenvalue weighted by molar-refractivity contribution is 6.09. The van der Waals surface area contributed by atoms with Gasteiger partial charge in [-0.15, -0.1) is 0 Å². The first-order chi connectivity index (χ1) is 15.3. The Hall–Kier alpha value is -3.93. The van der Waals surface area contributed by atoms with Crippen molar-refractivity contribution < 1.29 is 4.79 Å². The lowest BCUT2D eigenvalue weighted by Gasteiger charge is -2.21. The predicted molar refractivity (Wildman–Crippen MR) is 123 cm³/mol. The van der Waals surface area contributed by atoms with Crippen LogP contribution in [0.1, 0.15) is 23.2 Å². The first-order valence-corrected chi connectivity index (χ1v) is 10.5. The van der Waals surface area contributed by atoms with E-state index in [1.165, 1.54) is 12.8 Å². The summed E-state index contributed by atoms with van der Waals surface area (Å²) in [6, 6.07) is 21.5. The van der Waals surface area contributed by atoms with Gasteiger partial charge in [-0.2, -0.15) is 5.10 Å². The van der Waals surface area contributed by atoms with Crippen molar-refractivity contribution in [1.82, 2.24) is 14.8 Å². The van der Waals surface area contributed by atoms with Crippen LogP contribution in [0.2, 0.25) is 0 Å². The monoisotopic (exact) mass is 409 g/mol. The van der Waals surface area contributed by atoms with Crippen LogP contribution < -0.4 is 10.2 Å². The largest absolute Gasteiger partial charge is 0.370 e. The van der Waals surface area contributed by atoms with Crippen LogP contribution in [0.4, 0.5) is 11.4 Å². The van der Waals surface area contributed by atoms with Crippen LogP contribution in [0, 0.1) is 0 Å². The molecule has 0 saturated carbocycles. The van der Waals surface area contributed by atoms with Crippen molar-refractivity contribution in [2.45, 2.75) is 12.8 Å². The highest BCUT2D eigenvalue weighted by atomic mass is 16.1. The lowest BCUT2D eigenvalue weighted by Crippen LogP contribution is -2.21. The molecule has 0 spiro atoms. The van der Waals surface area contributed by atoms with Crippen molar-refractivity contribution in [2.24, 2.45) is 0 Å². The number of carbonyl (C=O) groups is 1. The summed E-state index contributed by atoms with van der Waals surface area (Å²) in [5.41, 5.74) is 4.69. The van der Waals surface area contributed by atoms with Crippen molar-refractivity contribution in [3.05, 3.63) is 90.9 Å². The third-order valence-corrected chi connectivity index (χ3v) is 5.51. The molecular weight excluding hydrogens is 386 g/mol. The molecule has 2 aromatic heterocycles. The second-order valence-electron chi connectivity index (χ2n) is 7.58. The molecule has 5 rings (SSSR count). The second-order valence-corrected chi connectivity index (χ2v) is 7.58. The molecule has 4 aromatic rings. The molecule has 31 heavy (non-hydrogen) atoms. The van der Waals surface area contributed by atoms with E-state index in [0.29, 0.717) is 11.3 Å². The predicted octanol–water partition coefficient (Wildman–Crippen LogP) is 4.79. The maximum atomic E-state index is 13.4. The molecule has 6 heteroatoms. The molecule has 6 nitrogen and oxygen atoms in total. The number of hydrogen-bond donors (Lipinski definition) is 1. The zero-order chi connectivity index (χ0) is 21.0. The van der Waals surface area contributed by atoms with Crippen molar-refractivity contribution in [3.8, 4) is 16.9 Å². The van der Waals surface area contributed by atoms with Gasteiger partial charge in [-0.3, -0.25) is 9.78 Å². The van der Waals surface area contributed by atoms with Crippen LogP contribution in [0.15, 0.2) is 85.3 Å². The Kier molecular flexibility index (Phi) is 5.19. The van der Waals surface area contributed by atoms with E-state index in [2.05, 4.69) is 21.3 Å². The quantitative estimate of drug-likeness (QED) is 0.515. The van der Waals surface area contributed by atoms with Crippen LogP contribution in [0.5, 0.6) is 0 Å². The fourth-order valence-electron chi connectivity index (χ4n) is 3.97. The zero-order valence-electron chi connectivity index (χ0n) is 17.1. The molecule has 0 radical (unpaired) electrons. The van der Waals surface area contributed by atoms with Crippen molar-refractivity contribution in [1.29, 1.82) is 0 Å². The molecule has 154 valence electrons. The van der Waals surface area contributed by atoms with E-state index >= 15 is 0 Å². The molecule has 1 aliphatic heterocycles. The zero-order valence-corrected chi connectivity index (χ0v) is 17.1. The number of hydrogen-bond acceptors (Lipinski definition) is 4. The SMILES string of the molecule is O=C(Nc1ccccc1N1CCCC1)c1cn(-c2ccccc2)nc1-c1cccnc1. The Morgan fingerprint density at radius 3 is 2.45 bits per heavy atom. The standard InChI is InChI=1S/C25H23N5O/c31-25(27-22-12-4-5-13-23(22)29-15-6-7-16-29)21-18-30(20-10-2-1-3-11-20)28-24(21)19-9-8-14-26-17-19/h1-5,8-14,17-18H,6-7,15-16H2,(H,27,31). The van der Waals surface area contributed by atoms with Gasteiger partial charge < -0.3 is 10.2 Å². The summed E-state index contributed by atoms with van der Waals surface area (Å²) in [7, 11) is 0. The van der Waals surface area contributed by atoms with Gasteiger partial charge >= 0.3 is 0 Å². The summed E-state index contributed by atoms with van der Waals surface area (Å²) in [6.45, 7) is 2.03. The maximum absolute atomic E-state index is 13.4. The summed E-state index contributed by atoms with van der Waals surface area (Å²) < 4.78 is 1.74. The lowest BCUT2D eigenvalue weighted by molar-refractivity contribution is 0.102. The summed E-state index contributed by atoms with van der Waals surface area (Å²) in [4.78, 5) is 19.9. The number of aromatic nitrogens is 3. The van der Waals surface area contributed by atoms with Gasteiger partial charge in [0.25, 0.3) is 5.91 Å². The molecule has 1 N–H and O–H groups in total. The van der Waals surface area contributed by atoms with E-state index in [4.69, 9.17) is 5.10 Å². The van der Waals surface area contributed by atoms with Gasteiger partial charge in [0.05, 0.1) is 22.6 Å². The van der Waals surface area contributed by atoms with E-state index in [1.54, 1.807) is 23.3 Å². The average Bonchev–Trinajstić information content (AvgIpc) is 3.51. The lowest BCUT2D eigenvalue weighted by atomic mass is 10.1. The molecule has 0 aliphatic carbocycles. The minimum absolute atomic E-state index is 0.187. The van der Waals surface area contributed by atoms with Crippen LogP contribution >= 0.6 is 0 Å². The van der Waals surface area contributed by atoms with E-state index < -0.39 is 0 Å². The van der Waals surface area contributed by atoms with E-state index in [1.807, 2.05) is 60.7 Å². The third-order valence-electron chi connectivity index (χ3n) is 5.51.